The van der Waals surface area contributed by atoms with E-state index in [-0.39, 0.29) is 17.4 Å². The minimum Gasteiger partial charge on any atom is -0.396 e. The number of hydrogen-bond acceptors (Lipinski definition) is 2. The van der Waals surface area contributed by atoms with Crippen LogP contribution in [0.25, 0.3) is 0 Å². The molecule has 1 aromatic rings. The minimum atomic E-state index is 0.0163. The normalized spacial score (nSPS) is 35.5. The fourth-order valence-corrected chi connectivity index (χ4v) is 3.66. The molecule has 1 aromatic carbocycles. The van der Waals surface area contributed by atoms with E-state index in [1.807, 2.05) is 12.1 Å². The summed E-state index contributed by atoms with van der Waals surface area (Å²) in [6, 6.07) is 5.88. The quantitative estimate of drug-likeness (QED) is 0.867. The summed E-state index contributed by atoms with van der Waals surface area (Å²) in [7, 11) is 0. The largest absolute Gasteiger partial charge is 0.396 e. The van der Waals surface area contributed by atoms with Crippen molar-refractivity contribution >= 4 is 23.2 Å². The lowest BCUT2D eigenvalue weighted by Gasteiger charge is -2.30. The zero-order valence-corrected chi connectivity index (χ0v) is 11.0. The molecule has 3 rings (SSSR count). The van der Waals surface area contributed by atoms with Crippen molar-refractivity contribution in [1.29, 1.82) is 0 Å². The van der Waals surface area contributed by atoms with Gasteiger partial charge in [-0.1, -0.05) is 29.3 Å². The fourth-order valence-electron chi connectivity index (χ4n) is 3.36. The number of rotatable bonds is 2. The highest BCUT2D eigenvalue weighted by Crippen LogP contribution is 2.67. The van der Waals surface area contributed by atoms with Crippen LogP contribution in [-0.4, -0.2) is 24.8 Å². The molecule has 0 bridgehead atoms. The maximum Gasteiger partial charge on any atom is 0.0595 e. The molecule has 0 aromatic heterocycles. The zero-order valence-electron chi connectivity index (χ0n) is 9.47. The van der Waals surface area contributed by atoms with Crippen molar-refractivity contribution in [1.82, 2.24) is 5.32 Å². The summed E-state index contributed by atoms with van der Waals surface area (Å²) in [6.45, 7) is 2.13. The molecule has 0 radical (unpaired) electrons. The summed E-state index contributed by atoms with van der Waals surface area (Å²) in [4.78, 5) is 0. The Morgan fingerprint density at radius 2 is 2.12 bits per heavy atom. The van der Waals surface area contributed by atoms with Gasteiger partial charge in [-0.3, -0.25) is 0 Å². The monoisotopic (exact) mass is 271 g/mol. The van der Waals surface area contributed by atoms with Crippen LogP contribution in [0.1, 0.15) is 18.4 Å². The number of aliphatic hydroxyl groups is 1. The van der Waals surface area contributed by atoms with Crippen LogP contribution in [0.5, 0.6) is 0 Å². The summed E-state index contributed by atoms with van der Waals surface area (Å²) in [5, 5.41) is 14.2. The Morgan fingerprint density at radius 1 is 1.29 bits per heavy atom. The van der Waals surface area contributed by atoms with Gasteiger partial charge in [-0.05, 0) is 37.1 Å². The van der Waals surface area contributed by atoms with E-state index in [0.717, 1.165) is 25.9 Å². The molecule has 1 saturated heterocycles. The topological polar surface area (TPSA) is 32.3 Å². The second-order valence-corrected chi connectivity index (χ2v) is 6.07. The van der Waals surface area contributed by atoms with E-state index >= 15 is 0 Å². The van der Waals surface area contributed by atoms with Crippen molar-refractivity contribution in [3.8, 4) is 0 Å². The van der Waals surface area contributed by atoms with Crippen LogP contribution < -0.4 is 5.32 Å². The first-order valence-electron chi connectivity index (χ1n) is 5.91. The van der Waals surface area contributed by atoms with Gasteiger partial charge in [0.25, 0.3) is 0 Å². The van der Waals surface area contributed by atoms with Crippen molar-refractivity contribution < 1.29 is 5.11 Å². The van der Waals surface area contributed by atoms with E-state index in [1.54, 1.807) is 0 Å². The highest BCUT2D eigenvalue weighted by atomic mass is 35.5. The first-order chi connectivity index (χ1) is 8.13. The van der Waals surface area contributed by atoms with Crippen molar-refractivity contribution in [2.45, 2.75) is 18.3 Å². The van der Waals surface area contributed by atoms with Crippen LogP contribution >= 0.6 is 23.2 Å². The first kappa shape index (κ1) is 11.8. The van der Waals surface area contributed by atoms with Crippen LogP contribution in [0.3, 0.4) is 0 Å². The molecule has 0 spiro atoms. The van der Waals surface area contributed by atoms with Gasteiger partial charge in [0.2, 0.25) is 0 Å². The number of hydrogen-bond donors (Lipinski definition) is 2. The Morgan fingerprint density at radius 3 is 2.82 bits per heavy atom. The standard InChI is InChI=1S/C13H15Cl2NO/c14-10-2-1-9(5-11(10)15)13-3-4-16-7-12(13,6-13)8-17/h1-2,5,16-17H,3-4,6-8H2. The fraction of sp³-hybridized carbons (Fsp3) is 0.538. The molecule has 1 aliphatic carbocycles. The SMILES string of the molecule is OCC12CNCCC1(c1ccc(Cl)c(Cl)c1)C2. The van der Waals surface area contributed by atoms with Crippen LogP contribution in [0, 0.1) is 5.41 Å². The second kappa shape index (κ2) is 3.86. The second-order valence-electron chi connectivity index (χ2n) is 5.25. The summed E-state index contributed by atoms with van der Waals surface area (Å²) < 4.78 is 0. The number of halogens is 2. The number of fused-ring (bicyclic) bond motifs is 1. The molecule has 2 atom stereocenters. The molecule has 1 saturated carbocycles. The molecular formula is C13H15Cl2NO. The smallest absolute Gasteiger partial charge is 0.0595 e. The third-order valence-electron chi connectivity index (χ3n) is 4.50. The number of aliphatic hydroxyl groups excluding tert-OH is 1. The molecule has 2 aliphatic rings. The predicted molar refractivity (Wildman–Crippen MR) is 69.8 cm³/mol. The van der Waals surface area contributed by atoms with Gasteiger partial charge in [-0.2, -0.15) is 0 Å². The third-order valence-corrected chi connectivity index (χ3v) is 5.24. The molecule has 2 N–H and O–H groups in total. The van der Waals surface area contributed by atoms with Crippen LogP contribution in [0.4, 0.5) is 0 Å². The summed E-state index contributed by atoms with van der Waals surface area (Å²) in [6.07, 6.45) is 2.10. The van der Waals surface area contributed by atoms with Crippen molar-refractivity contribution in [3.63, 3.8) is 0 Å². The Balaban J connectivity index is 2.01. The zero-order chi connectivity index (χ0) is 12.1. The first-order valence-corrected chi connectivity index (χ1v) is 6.66. The van der Waals surface area contributed by atoms with Gasteiger partial charge in [-0.25, -0.2) is 0 Å². The van der Waals surface area contributed by atoms with E-state index in [1.165, 1.54) is 5.56 Å². The van der Waals surface area contributed by atoms with E-state index in [2.05, 4.69) is 11.4 Å². The molecule has 1 heterocycles. The highest BCUT2D eigenvalue weighted by molar-refractivity contribution is 6.42. The van der Waals surface area contributed by atoms with E-state index < -0.39 is 0 Å². The average molecular weight is 272 g/mol. The van der Waals surface area contributed by atoms with Gasteiger partial charge in [0, 0.05) is 17.4 Å². The third kappa shape index (κ3) is 1.55. The van der Waals surface area contributed by atoms with Crippen LogP contribution in [-0.2, 0) is 5.41 Å². The van der Waals surface area contributed by atoms with Crippen molar-refractivity contribution in [3.05, 3.63) is 33.8 Å². The average Bonchev–Trinajstić information content (AvgIpc) is 3.04. The van der Waals surface area contributed by atoms with Gasteiger partial charge in [0.15, 0.2) is 0 Å². The molecule has 4 heteroatoms. The summed E-state index contributed by atoms with van der Waals surface area (Å²) >= 11 is 12.0. The van der Waals surface area contributed by atoms with Crippen LogP contribution in [0.15, 0.2) is 18.2 Å². The molecule has 2 fully saturated rings. The maximum atomic E-state index is 9.64. The van der Waals surface area contributed by atoms with E-state index in [9.17, 15) is 5.11 Å². The Hall–Kier alpha value is -0.280. The molecule has 0 amide bonds. The minimum absolute atomic E-state index is 0.0163. The van der Waals surface area contributed by atoms with Crippen molar-refractivity contribution in [2.75, 3.05) is 19.7 Å². The Labute approximate surface area is 111 Å². The lowest BCUT2D eigenvalue weighted by atomic mass is 9.81. The lowest BCUT2D eigenvalue weighted by Crippen LogP contribution is -2.40. The van der Waals surface area contributed by atoms with Gasteiger partial charge >= 0.3 is 0 Å². The van der Waals surface area contributed by atoms with Gasteiger partial charge in [-0.15, -0.1) is 0 Å². The van der Waals surface area contributed by atoms with Crippen LogP contribution in [0.2, 0.25) is 10.0 Å². The lowest BCUT2D eigenvalue weighted by molar-refractivity contribution is 0.169. The van der Waals surface area contributed by atoms with E-state index in [4.69, 9.17) is 23.2 Å². The van der Waals surface area contributed by atoms with Crippen molar-refractivity contribution in [2.24, 2.45) is 5.41 Å². The summed E-state index contributed by atoms with van der Waals surface area (Å²) in [5.74, 6) is 0. The molecule has 2 unspecified atom stereocenters. The number of nitrogens with one attached hydrogen (secondary N) is 1. The highest BCUT2D eigenvalue weighted by Gasteiger charge is 2.68. The Bertz CT molecular complexity index is 465. The number of piperidine rings is 1. The van der Waals surface area contributed by atoms with Gasteiger partial charge in [0.05, 0.1) is 16.7 Å². The van der Waals surface area contributed by atoms with E-state index in [0.29, 0.717) is 10.0 Å². The molecule has 92 valence electrons. The molecular weight excluding hydrogens is 257 g/mol. The number of benzene rings is 1. The Kier molecular flexibility index (Phi) is 2.67. The molecule has 2 nitrogen and oxygen atoms in total. The maximum absolute atomic E-state index is 9.64. The molecule has 1 aliphatic heterocycles. The predicted octanol–water partition coefficient (Wildman–Crippen LogP) is 2.61. The summed E-state index contributed by atoms with van der Waals surface area (Å²) in [5.41, 5.74) is 1.35. The molecule has 17 heavy (non-hydrogen) atoms. The van der Waals surface area contributed by atoms with Gasteiger partial charge < -0.3 is 10.4 Å². The van der Waals surface area contributed by atoms with Gasteiger partial charge in [0.1, 0.15) is 0 Å².